The molecule has 19 heavy (non-hydrogen) atoms. The van der Waals surface area contributed by atoms with Gasteiger partial charge in [0, 0.05) is 18.8 Å². The summed E-state index contributed by atoms with van der Waals surface area (Å²) >= 11 is 0. The lowest BCUT2D eigenvalue weighted by atomic mass is 10.2. The van der Waals surface area contributed by atoms with Gasteiger partial charge in [0.05, 0.1) is 6.54 Å². The van der Waals surface area contributed by atoms with Crippen LogP contribution in [-0.4, -0.2) is 30.4 Å². The predicted molar refractivity (Wildman–Crippen MR) is 76.6 cm³/mol. The third-order valence-corrected chi connectivity index (χ3v) is 2.67. The molecule has 0 bridgehead atoms. The molecule has 0 aliphatic heterocycles. The second-order valence-corrected chi connectivity index (χ2v) is 4.19. The van der Waals surface area contributed by atoms with Gasteiger partial charge in [0.1, 0.15) is 5.82 Å². The molecule has 1 rings (SSSR count). The number of aryl methyl sites for hydroxylation is 1. The second kappa shape index (κ2) is 7.36. The fourth-order valence-electron chi connectivity index (χ4n) is 1.58. The van der Waals surface area contributed by atoms with Gasteiger partial charge in [0.15, 0.2) is 0 Å². The molecule has 0 heterocycles. The van der Waals surface area contributed by atoms with Crippen LogP contribution < -0.4 is 5.32 Å². The molecule has 1 aromatic carbocycles. The normalized spacial score (nSPS) is 9.79. The zero-order valence-electron chi connectivity index (χ0n) is 11.2. The highest BCUT2D eigenvalue weighted by molar-refractivity contribution is 5.81. The molecule has 0 aliphatic rings. The van der Waals surface area contributed by atoms with Crippen molar-refractivity contribution in [3.63, 3.8) is 0 Å². The van der Waals surface area contributed by atoms with Gasteiger partial charge in [0.2, 0.25) is 5.91 Å². The van der Waals surface area contributed by atoms with Gasteiger partial charge in [-0.15, -0.1) is 13.2 Å². The van der Waals surface area contributed by atoms with Crippen LogP contribution in [0.5, 0.6) is 0 Å². The predicted octanol–water partition coefficient (Wildman–Crippen LogP) is 2.75. The van der Waals surface area contributed by atoms with E-state index in [0.717, 1.165) is 0 Å². The molecule has 0 unspecified atom stereocenters. The highest BCUT2D eigenvalue weighted by Gasteiger charge is 2.10. The summed E-state index contributed by atoms with van der Waals surface area (Å²) in [6.07, 6.45) is 3.32. The molecule has 0 radical (unpaired) electrons. The maximum atomic E-state index is 13.3. The second-order valence-electron chi connectivity index (χ2n) is 4.19. The Morgan fingerprint density at radius 3 is 2.53 bits per heavy atom. The van der Waals surface area contributed by atoms with Crippen LogP contribution in [0.25, 0.3) is 0 Å². The smallest absolute Gasteiger partial charge is 0.242 e. The molecule has 1 N–H and O–H groups in total. The van der Waals surface area contributed by atoms with Crippen LogP contribution >= 0.6 is 0 Å². The van der Waals surface area contributed by atoms with E-state index in [1.165, 1.54) is 6.07 Å². The summed E-state index contributed by atoms with van der Waals surface area (Å²) in [5.41, 5.74) is 1.17. The molecule has 3 nitrogen and oxygen atoms in total. The fraction of sp³-hybridized carbons (Fsp3) is 0.267. The van der Waals surface area contributed by atoms with Crippen molar-refractivity contribution in [1.29, 1.82) is 0 Å². The molecular weight excluding hydrogens is 243 g/mol. The summed E-state index contributed by atoms with van der Waals surface area (Å²) in [5.74, 6) is -0.368. The van der Waals surface area contributed by atoms with Crippen molar-refractivity contribution in [2.75, 3.05) is 25.0 Å². The highest BCUT2D eigenvalue weighted by Crippen LogP contribution is 2.13. The number of nitrogens with one attached hydrogen (secondary N) is 1. The van der Waals surface area contributed by atoms with Crippen LogP contribution in [0.2, 0.25) is 0 Å². The topological polar surface area (TPSA) is 32.3 Å². The van der Waals surface area contributed by atoms with Crippen molar-refractivity contribution >= 4 is 11.6 Å². The SMILES string of the molecule is C=CCN(CC=C)C(=O)CNc1ccc(C)c(F)c1. The Morgan fingerprint density at radius 1 is 1.37 bits per heavy atom. The molecule has 0 spiro atoms. The summed E-state index contributed by atoms with van der Waals surface area (Å²) in [4.78, 5) is 13.5. The molecule has 0 fully saturated rings. The molecular formula is C15H19FN2O. The Balaban J connectivity index is 2.58. The third kappa shape index (κ3) is 4.58. The number of amides is 1. The van der Waals surface area contributed by atoms with Crippen molar-refractivity contribution in [3.8, 4) is 0 Å². The Morgan fingerprint density at radius 2 is 2.00 bits per heavy atom. The Labute approximate surface area is 113 Å². The van der Waals surface area contributed by atoms with Gasteiger partial charge >= 0.3 is 0 Å². The van der Waals surface area contributed by atoms with E-state index in [4.69, 9.17) is 0 Å². The van der Waals surface area contributed by atoms with E-state index in [9.17, 15) is 9.18 Å². The monoisotopic (exact) mass is 262 g/mol. The van der Waals surface area contributed by atoms with Crippen molar-refractivity contribution in [3.05, 3.63) is 54.9 Å². The van der Waals surface area contributed by atoms with Crippen LogP contribution in [-0.2, 0) is 4.79 Å². The van der Waals surface area contributed by atoms with Gasteiger partial charge in [-0.3, -0.25) is 4.79 Å². The minimum absolute atomic E-state index is 0.0826. The number of carbonyl (C=O) groups is 1. The van der Waals surface area contributed by atoms with Crippen LogP contribution in [0.1, 0.15) is 5.56 Å². The van der Waals surface area contributed by atoms with E-state index >= 15 is 0 Å². The number of hydrogen-bond acceptors (Lipinski definition) is 2. The first-order chi connectivity index (χ1) is 9.08. The molecule has 0 saturated heterocycles. The van der Waals surface area contributed by atoms with E-state index in [-0.39, 0.29) is 18.3 Å². The van der Waals surface area contributed by atoms with Crippen molar-refractivity contribution in [1.82, 2.24) is 4.90 Å². The van der Waals surface area contributed by atoms with Crippen LogP contribution in [0.3, 0.4) is 0 Å². The van der Waals surface area contributed by atoms with Crippen LogP contribution in [0.15, 0.2) is 43.5 Å². The first-order valence-corrected chi connectivity index (χ1v) is 6.08. The van der Waals surface area contributed by atoms with Crippen molar-refractivity contribution < 1.29 is 9.18 Å². The van der Waals surface area contributed by atoms with E-state index < -0.39 is 0 Å². The zero-order valence-corrected chi connectivity index (χ0v) is 11.2. The van der Waals surface area contributed by atoms with Crippen molar-refractivity contribution in [2.45, 2.75) is 6.92 Å². The number of carbonyl (C=O) groups excluding carboxylic acids is 1. The molecule has 0 aliphatic carbocycles. The lowest BCUT2D eigenvalue weighted by Gasteiger charge is -2.19. The minimum Gasteiger partial charge on any atom is -0.376 e. The number of rotatable bonds is 7. The number of anilines is 1. The van der Waals surface area contributed by atoms with Gasteiger partial charge in [-0.25, -0.2) is 4.39 Å². The molecule has 4 heteroatoms. The van der Waals surface area contributed by atoms with Gasteiger partial charge in [-0.2, -0.15) is 0 Å². The first kappa shape index (κ1) is 15.0. The van der Waals surface area contributed by atoms with Gasteiger partial charge in [-0.05, 0) is 24.6 Å². The molecule has 0 atom stereocenters. The summed E-state index contributed by atoms with van der Waals surface area (Å²) in [6.45, 7) is 9.96. The number of benzene rings is 1. The van der Waals surface area contributed by atoms with E-state index in [2.05, 4.69) is 18.5 Å². The Bertz CT molecular complexity index is 461. The van der Waals surface area contributed by atoms with Gasteiger partial charge < -0.3 is 10.2 Å². The summed E-state index contributed by atoms with van der Waals surface area (Å²) in [5, 5.41) is 2.91. The lowest BCUT2D eigenvalue weighted by Crippen LogP contribution is -2.35. The number of hydrogen-bond donors (Lipinski definition) is 1. The minimum atomic E-state index is -0.286. The fourth-order valence-corrected chi connectivity index (χ4v) is 1.58. The maximum Gasteiger partial charge on any atom is 0.242 e. The summed E-state index contributed by atoms with van der Waals surface area (Å²) < 4.78 is 13.3. The van der Waals surface area contributed by atoms with Crippen LogP contribution in [0, 0.1) is 12.7 Å². The molecule has 1 amide bonds. The molecule has 1 aromatic rings. The Hall–Kier alpha value is -2.10. The lowest BCUT2D eigenvalue weighted by molar-refractivity contribution is -0.128. The molecule has 102 valence electrons. The van der Waals surface area contributed by atoms with Crippen molar-refractivity contribution in [2.24, 2.45) is 0 Å². The molecule has 0 aromatic heterocycles. The quantitative estimate of drug-likeness (QED) is 0.766. The Kier molecular flexibility index (Phi) is 5.79. The average Bonchev–Trinajstić information content (AvgIpc) is 2.39. The van der Waals surface area contributed by atoms with Crippen LogP contribution in [0.4, 0.5) is 10.1 Å². The van der Waals surface area contributed by atoms with E-state index in [1.807, 2.05) is 0 Å². The van der Waals surface area contributed by atoms with E-state index in [1.54, 1.807) is 36.1 Å². The highest BCUT2D eigenvalue weighted by atomic mass is 19.1. The van der Waals surface area contributed by atoms with Gasteiger partial charge in [0.25, 0.3) is 0 Å². The average molecular weight is 262 g/mol. The first-order valence-electron chi connectivity index (χ1n) is 6.08. The van der Waals surface area contributed by atoms with Gasteiger partial charge in [-0.1, -0.05) is 18.2 Å². The largest absolute Gasteiger partial charge is 0.376 e. The molecule has 0 saturated carbocycles. The summed E-state index contributed by atoms with van der Waals surface area (Å²) in [6, 6.07) is 4.80. The third-order valence-electron chi connectivity index (χ3n) is 2.67. The number of halogens is 1. The summed E-state index contributed by atoms with van der Waals surface area (Å²) in [7, 11) is 0. The number of nitrogens with zero attached hydrogens (tertiary/aromatic N) is 1. The van der Waals surface area contributed by atoms with E-state index in [0.29, 0.717) is 24.3 Å². The standard InChI is InChI=1S/C15H19FN2O/c1-4-8-18(9-5-2)15(19)11-17-13-7-6-12(3)14(16)10-13/h4-7,10,17H,1-2,8-9,11H2,3H3. The zero-order chi connectivity index (χ0) is 14.3. The maximum absolute atomic E-state index is 13.3.